The summed E-state index contributed by atoms with van der Waals surface area (Å²) in [7, 11) is 0. The summed E-state index contributed by atoms with van der Waals surface area (Å²) in [6, 6.07) is 7.84. The van der Waals surface area contributed by atoms with Gasteiger partial charge in [0.1, 0.15) is 0 Å². The third-order valence-corrected chi connectivity index (χ3v) is 5.54. The maximum atomic E-state index is 12.2. The fourth-order valence-corrected chi connectivity index (χ4v) is 5.04. The van der Waals surface area contributed by atoms with E-state index in [-0.39, 0.29) is 5.91 Å². The highest BCUT2D eigenvalue weighted by molar-refractivity contribution is 9.12. The SMILES string of the molecule is O=C(Nc1ccc2c(c1)CCCN2)c1cc(Br)sc1Br. The second-order valence-corrected chi connectivity index (χ2v) is 8.34. The first kappa shape index (κ1) is 14.1. The molecule has 0 spiro atoms. The molecular formula is C14H12Br2N2OS. The first-order valence-corrected chi connectivity index (χ1v) is 8.67. The van der Waals surface area contributed by atoms with E-state index >= 15 is 0 Å². The minimum absolute atomic E-state index is 0.0949. The van der Waals surface area contributed by atoms with Crippen molar-refractivity contribution in [2.24, 2.45) is 0 Å². The van der Waals surface area contributed by atoms with Crippen LogP contribution in [0.1, 0.15) is 22.3 Å². The van der Waals surface area contributed by atoms with Gasteiger partial charge in [-0.15, -0.1) is 11.3 Å². The lowest BCUT2D eigenvalue weighted by atomic mass is 10.0. The number of carbonyl (C=O) groups excluding carboxylic acids is 1. The van der Waals surface area contributed by atoms with Crippen LogP contribution in [-0.4, -0.2) is 12.5 Å². The average Bonchev–Trinajstić information content (AvgIpc) is 2.78. The number of amides is 1. The van der Waals surface area contributed by atoms with Crippen molar-refractivity contribution >= 4 is 60.5 Å². The van der Waals surface area contributed by atoms with E-state index in [0.717, 1.165) is 32.6 Å². The van der Waals surface area contributed by atoms with Crippen molar-refractivity contribution in [3.8, 4) is 0 Å². The molecule has 104 valence electrons. The van der Waals surface area contributed by atoms with Crippen LogP contribution in [0.2, 0.25) is 0 Å². The van der Waals surface area contributed by atoms with Gasteiger partial charge in [0.05, 0.1) is 13.1 Å². The smallest absolute Gasteiger partial charge is 0.257 e. The minimum Gasteiger partial charge on any atom is -0.385 e. The van der Waals surface area contributed by atoms with E-state index in [0.29, 0.717) is 5.56 Å². The second kappa shape index (κ2) is 5.87. The van der Waals surface area contributed by atoms with Gasteiger partial charge in [0.2, 0.25) is 0 Å². The Balaban J connectivity index is 1.81. The fourth-order valence-electron chi connectivity index (χ4n) is 2.25. The minimum atomic E-state index is -0.0949. The Morgan fingerprint density at radius 3 is 2.90 bits per heavy atom. The summed E-state index contributed by atoms with van der Waals surface area (Å²) >= 11 is 8.29. The van der Waals surface area contributed by atoms with Gasteiger partial charge in [-0.25, -0.2) is 0 Å². The molecule has 2 heterocycles. The molecule has 3 nitrogen and oxygen atoms in total. The van der Waals surface area contributed by atoms with Crippen LogP contribution in [0.3, 0.4) is 0 Å². The standard InChI is InChI=1S/C14H12Br2N2OS/c15-12-7-10(13(16)20-12)14(19)18-9-3-4-11-8(6-9)2-1-5-17-11/h3-4,6-7,17H,1-2,5H2,(H,18,19). The number of hydrogen-bond donors (Lipinski definition) is 2. The van der Waals surface area contributed by atoms with Gasteiger partial charge < -0.3 is 10.6 Å². The Labute approximate surface area is 138 Å². The highest BCUT2D eigenvalue weighted by Gasteiger charge is 2.15. The van der Waals surface area contributed by atoms with Crippen LogP contribution in [0, 0.1) is 0 Å². The van der Waals surface area contributed by atoms with Gasteiger partial charge in [-0.05, 0) is 74.5 Å². The molecule has 1 aromatic heterocycles. The molecule has 1 aliphatic rings. The number of halogens is 2. The van der Waals surface area contributed by atoms with E-state index < -0.39 is 0 Å². The monoisotopic (exact) mass is 414 g/mol. The van der Waals surface area contributed by atoms with E-state index in [1.54, 1.807) is 0 Å². The van der Waals surface area contributed by atoms with Gasteiger partial charge in [-0.1, -0.05) is 0 Å². The number of carbonyl (C=O) groups is 1. The van der Waals surface area contributed by atoms with E-state index in [2.05, 4.69) is 48.6 Å². The van der Waals surface area contributed by atoms with Crippen LogP contribution in [0.25, 0.3) is 0 Å². The lowest BCUT2D eigenvalue weighted by Gasteiger charge is -2.18. The van der Waals surface area contributed by atoms with Crippen LogP contribution >= 0.6 is 43.2 Å². The summed E-state index contributed by atoms with van der Waals surface area (Å²) in [5.74, 6) is -0.0949. The third-order valence-electron chi connectivity index (χ3n) is 3.20. The van der Waals surface area contributed by atoms with Crippen LogP contribution in [0.4, 0.5) is 11.4 Å². The molecule has 1 aliphatic heterocycles. The Morgan fingerprint density at radius 1 is 1.30 bits per heavy atom. The van der Waals surface area contributed by atoms with Crippen molar-refractivity contribution in [3.05, 3.63) is 43.0 Å². The van der Waals surface area contributed by atoms with Crippen molar-refractivity contribution < 1.29 is 4.79 Å². The first-order valence-electron chi connectivity index (χ1n) is 6.26. The molecule has 6 heteroatoms. The Bertz CT molecular complexity index is 669. The molecule has 1 aromatic carbocycles. The van der Waals surface area contributed by atoms with Crippen molar-refractivity contribution in [2.75, 3.05) is 17.2 Å². The topological polar surface area (TPSA) is 41.1 Å². The summed E-state index contributed by atoms with van der Waals surface area (Å²) < 4.78 is 1.77. The van der Waals surface area contributed by atoms with Gasteiger partial charge in [0, 0.05) is 17.9 Å². The summed E-state index contributed by atoms with van der Waals surface area (Å²) in [4.78, 5) is 12.2. The van der Waals surface area contributed by atoms with Crippen LogP contribution in [0.15, 0.2) is 31.8 Å². The number of aryl methyl sites for hydroxylation is 1. The largest absolute Gasteiger partial charge is 0.385 e. The number of nitrogens with one attached hydrogen (secondary N) is 2. The van der Waals surface area contributed by atoms with Crippen LogP contribution < -0.4 is 10.6 Å². The summed E-state index contributed by atoms with van der Waals surface area (Å²) in [6.45, 7) is 1.02. The molecule has 0 unspecified atom stereocenters. The number of hydrogen-bond acceptors (Lipinski definition) is 3. The van der Waals surface area contributed by atoms with Gasteiger partial charge in [-0.2, -0.15) is 0 Å². The fraction of sp³-hybridized carbons (Fsp3) is 0.214. The van der Waals surface area contributed by atoms with Crippen LogP contribution in [-0.2, 0) is 6.42 Å². The molecule has 0 bridgehead atoms. The maximum absolute atomic E-state index is 12.2. The first-order chi connectivity index (χ1) is 9.63. The van der Waals surface area contributed by atoms with E-state index in [4.69, 9.17) is 0 Å². The zero-order valence-electron chi connectivity index (χ0n) is 10.5. The van der Waals surface area contributed by atoms with Gasteiger partial charge >= 0.3 is 0 Å². The highest BCUT2D eigenvalue weighted by atomic mass is 79.9. The number of thiophene rings is 1. The molecule has 2 N–H and O–H groups in total. The van der Waals surface area contributed by atoms with Crippen molar-refractivity contribution in [3.63, 3.8) is 0 Å². The molecular weight excluding hydrogens is 404 g/mol. The van der Waals surface area contributed by atoms with Crippen molar-refractivity contribution in [2.45, 2.75) is 12.8 Å². The van der Waals surface area contributed by atoms with Crippen LogP contribution in [0.5, 0.6) is 0 Å². The Hall–Kier alpha value is -0.850. The predicted octanol–water partition coefficient (Wildman–Crippen LogP) is 4.88. The van der Waals surface area contributed by atoms with E-state index in [1.165, 1.54) is 22.6 Å². The zero-order valence-corrected chi connectivity index (χ0v) is 14.5. The molecule has 0 aliphatic carbocycles. The average molecular weight is 416 g/mol. The predicted molar refractivity (Wildman–Crippen MR) is 90.9 cm³/mol. The summed E-state index contributed by atoms with van der Waals surface area (Å²) in [5, 5.41) is 6.31. The lowest BCUT2D eigenvalue weighted by molar-refractivity contribution is 0.102. The normalized spacial score (nSPS) is 13.5. The molecule has 2 aromatic rings. The van der Waals surface area contributed by atoms with Gasteiger partial charge in [0.15, 0.2) is 0 Å². The Morgan fingerprint density at radius 2 is 2.15 bits per heavy atom. The maximum Gasteiger partial charge on any atom is 0.257 e. The molecule has 0 saturated heterocycles. The third kappa shape index (κ3) is 2.92. The number of rotatable bonds is 2. The number of fused-ring (bicyclic) bond motifs is 1. The van der Waals surface area contributed by atoms with Crippen molar-refractivity contribution in [1.29, 1.82) is 0 Å². The highest BCUT2D eigenvalue weighted by Crippen LogP contribution is 2.32. The van der Waals surface area contributed by atoms with Gasteiger partial charge in [-0.3, -0.25) is 4.79 Å². The number of benzene rings is 1. The van der Waals surface area contributed by atoms with Gasteiger partial charge in [0.25, 0.3) is 5.91 Å². The molecule has 3 rings (SSSR count). The molecule has 1 amide bonds. The summed E-state index contributed by atoms with van der Waals surface area (Å²) in [5.41, 5.74) is 3.93. The van der Waals surface area contributed by atoms with E-state index in [1.807, 2.05) is 18.2 Å². The molecule has 0 atom stereocenters. The van der Waals surface area contributed by atoms with Crippen molar-refractivity contribution in [1.82, 2.24) is 0 Å². The number of anilines is 2. The molecule has 20 heavy (non-hydrogen) atoms. The molecule has 0 radical (unpaired) electrons. The molecule has 0 fully saturated rings. The zero-order chi connectivity index (χ0) is 14.1. The quantitative estimate of drug-likeness (QED) is 0.733. The lowest BCUT2D eigenvalue weighted by Crippen LogP contribution is -2.14. The summed E-state index contributed by atoms with van der Waals surface area (Å²) in [6.07, 6.45) is 2.19. The van der Waals surface area contributed by atoms with E-state index in [9.17, 15) is 4.79 Å². The Kier molecular flexibility index (Phi) is 4.14. The molecule has 0 saturated carbocycles. The second-order valence-electron chi connectivity index (χ2n) is 4.59.